The van der Waals surface area contributed by atoms with Crippen molar-refractivity contribution in [1.29, 1.82) is 0 Å². The van der Waals surface area contributed by atoms with E-state index in [2.05, 4.69) is 33.5 Å². The zero-order valence-corrected chi connectivity index (χ0v) is 14.6. The predicted molar refractivity (Wildman–Crippen MR) is 87.2 cm³/mol. The minimum Gasteiger partial charge on any atom is -0.271 e. The van der Waals surface area contributed by atoms with E-state index in [9.17, 15) is 8.42 Å². The molecule has 3 N–H and O–H groups in total. The Morgan fingerprint density at radius 2 is 1.85 bits per heavy atom. The smallest absolute Gasteiger partial charge is 0.150 e. The molecule has 0 saturated heterocycles. The highest BCUT2D eigenvalue weighted by molar-refractivity contribution is 9.10. The summed E-state index contributed by atoms with van der Waals surface area (Å²) in [6, 6.07) is 4.14. The Kier molecular flexibility index (Phi) is 6.64. The van der Waals surface area contributed by atoms with E-state index >= 15 is 0 Å². The molecule has 0 aliphatic rings. The van der Waals surface area contributed by atoms with Gasteiger partial charge in [-0.1, -0.05) is 35.0 Å². The van der Waals surface area contributed by atoms with Gasteiger partial charge in [-0.3, -0.25) is 11.3 Å². The van der Waals surface area contributed by atoms with Crippen LogP contribution in [0.15, 0.2) is 16.6 Å². The van der Waals surface area contributed by atoms with Crippen LogP contribution < -0.4 is 11.3 Å². The second-order valence-corrected chi connectivity index (χ2v) is 8.33. The molecule has 0 fully saturated rings. The number of rotatable bonds is 7. The summed E-state index contributed by atoms with van der Waals surface area (Å²) in [7, 11) is -2.90. The maximum absolute atomic E-state index is 11.5. The first-order valence-corrected chi connectivity index (χ1v) is 9.35. The van der Waals surface area contributed by atoms with Crippen molar-refractivity contribution in [2.45, 2.75) is 39.7 Å². The molecule has 0 bridgehead atoms. The minimum atomic E-state index is -2.90. The standard InChI is InChI=1S/C14H23BrN2O2S/c1-4-20(18,19)7-5-6-13(17-16)12-8-10(2)14(15)11(3)9-12/h8-9,13,17H,4-7,16H2,1-3H3. The summed E-state index contributed by atoms with van der Waals surface area (Å²) in [6.07, 6.45) is 1.31. The molecule has 20 heavy (non-hydrogen) atoms. The molecule has 0 radical (unpaired) electrons. The first-order chi connectivity index (χ1) is 9.30. The molecule has 1 rings (SSSR count). The molecule has 1 aromatic carbocycles. The molecule has 4 nitrogen and oxygen atoms in total. The van der Waals surface area contributed by atoms with Gasteiger partial charge in [-0.2, -0.15) is 0 Å². The van der Waals surface area contributed by atoms with Gasteiger partial charge in [0.05, 0.1) is 5.75 Å². The van der Waals surface area contributed by atoms with Crippen LogP contribution in [0.4, 0.5) is 0 Å². The third-order valence-corrected chi connectivity index (χ3v) is 6.49. The Morgan fingerprint density at radius 3 is 2.30 bits per heavy atom. The minimum absolute atomic E-state index is 0.0208. The molecular weight excluding hydrogens is 340 g/mol. The molecule has 0 saturated carbocycles. The van der Waals surface area contributed by atoms with Crippen LogP contribution in [-0.2, 0) is 9.84 Å². The van der Waals surface area contributed by atoms with E-state index < -0.39 is 9.84 Å². The van der Waals surface area contributed by atoms with Gasteiger partial charge in [0.25, 0.3) is 0 Å². The average Bonchev–Trinajstić information content (AvgIpc) is 2.40. The summed E-state index contributed by atoms with van der Waals surface area (Å²) in [6.45, 7) is 5.75. The van der Waals surface area contributed by atoms with Crippen LogP contribution >= 0.6 is 15.9 Å². The lowest BCUT2D eigenvalue weighted by atomic mass is 9.99. The van der Waals surface area contributed by atoms with Gasteiger partial charge in [0, 0.05) is 16.3 Å². The van der Waals surface area contributed by atoms with E-state index in [0.717, 1.165) is 21.2 Å². The van der Waals surface area contributed by atoms with E-state index in [1.165, 1.54) is 0 Å². The summed E-state index contributed by atoms with van der Waals surface area (Å²) in [5, 5.41) is 0. The highest BCUT2D eigenvalue weighted by Crippen LogP contribution is 2.27. The number of nitrogens with one attached hydrogen (secondary N) is 1. The van der Waals surface area contributed by atoms with Gasteiger partial charge >= 0.3 is 0 Å². The molecule has 1 atom stereocenters. The zero-order valence-electron chi connectivity index (χ0n) is 12.2. The SMILES string of the molecule is CCS(=O)(=O)CCCC(NN)c1cc(C)c(Br)c(C)c1. The van der Waals surface area contributed by atoms with E-state index in [4.69, 9.17) is 5.84 Å². The number of halogens is 1. The van der Waals surface area contributed by atoms with Gasteiger partial charge in [-0.25, -0.2) is 8.42 Å². The summed E-state index contributed by atoms with van der Waals surface area (Å²) < 4.78 is 24.1. The van der Waals surface area contributed by atoms with E-state index in [1.807, 2.05) is 13.8 Å². The van der Waals surface area contributed by atoms with Crippen LogP contribution in [0.1, 0.15) is 42.5 Å². The Balaban J connectivity index is 2.77. The number of hydrazine groups is 1. The highest BCUT2D eigenvalue weighted by Gasteiger charge is 2.14. The van der Waals surface area contributed by atoms with Crippen LogP contribution in [0.2, 0.25) is 0 Å². The molecule has 0 amide bonds. The lowest BCUT2D eigenvalue weighted by Crippen LogP contribution is -2.28. The maximum atomic E-state index is 11.5. The van der Waals surface area contributed by atoms with Gasteiger partial charge in [0.15, 0.2) is 0 Å². The van der Waals surface area contributed by atoms with Crippen molar-refractivity contribution in [3.63, 3.8) is 0 Å². The fraction of sp³-hybridized carbons (Fsp3) is 0.571. The summed E-state index contributed by atoms with van der Waals surface area (Å²) >= 11 is 3.54. The van der Waals surface area contributed by atoms with Crippen molar-refractivity contribution in [2.24, 2.45) is 5.84 Å². The number of hydrogen-bond acceptors (Lipinski definition) is 4. The van der Waals surface area contributed by atoms with Gasteiger partial charge in [-0.15, -0.1) is 0 Å². The van der Waals surface area contributed by atoms with Gasteiger partial charge in [0.2, 0.25) is 0 Å². The van der Waals surface area contributed by atoms with Crippen LogP contribution in [-0.4, -0.2) is 19.9 Å². The number of sulfone groups is 1. The lowest BCUT2D eigenvalue weighted by Gasteiger charge is -2.18. The molecule has 0 aliphatic carbocycles. The first kappa shape index (κ1) is 17.6. The van der Waals surface area contributed by atoms with Crippen molar-refractivity contribution in [3.05, 3.63) is 33.3 Å². The maximum Gasteiger partial charge on any atom is 0.150 e. The Bertz CT molecular complexity index is 535. The molecule has 1 unspecified atom stereocenters. The van der Waals surface area contributed by atoms with Gasteiger partial charge < -0.3 is 0 Å². The fourth-order valence-corrected chi connectivity index (χ4v) is 3.30. The van der Waals surface area contributed by atoms with Crippen molar-refractivity contribution < 1.29 is 8.42 Å². The molecule has 114 valence electrons. The number of aryl methyl sites for hydroxylation is 2. The van der Waals surface area contributed by atoms with Crippen LogP contribution in [0, 0.1) is 13.8 Å². The Labute approximate surface area is 130 Å². The van der Waals surface area contributed by atoms with E-state index in [1.54, 1.807) is 6.92 Å². The number of benzene rings is 1. The monoisotopic (exact) mass is 362 g/mol. The van der Waals surface area contributed by atoms with E-state index in [0.29, 0.717) is 12.8 Å². The fourth-order valence-electron chi connectivity index (χ4n) is 2.18. The Hall–Kier alpha value is -0.430. The summed E-state index contributed by atoms with van der Waals surface area (Å²) in [4.78, 5) is 0. The van der Waals surface area contributed by atoms with Crippen molar-refractivity contribution >= 4 is 25.8 Å². The third kappa shape index (κ3) is 4.84. The first-order valence-electron chi connectivity index (χ1n) is 6.74. The van der Waals surface area contributed by atoms with Crippen LogP contribution in [0.25, 0.3) is 0 Å². The topological polar surface area (TPSA) is 72.2 Å². The highest BCUT2D eigenvalue weighted by atomic mass is 79.9. The van der Waals surface area contributed by atoms with Crippen molar-refractivity contribution in [2.75, 3.05) is 11.5 Å². The normalized spacial score (nSPS) is 13.4. The number of hydrogen-bond donors (Lipinski definition) is 2. The summed E-state index contributed by atoms with van der Waals surface area (Å²) in [5.74, 6) is 6.03. The average molecular weight is 363 g/mol. The molecule has 0 aromatic heterocycles. The molecule has 6 heteroatoms. The molecule has 0 spiro atoms. The molecule has 0 heterocycles. The van der Waals surface area contributed by atoms with E-state index in [-0.39, 0.29) is 17.5 Å². The quantitative estimate of drug-likeness (QED) is 0.577. The van der Waals surface area contributed by atoms with Crippen LogP contribution in [0.3, 0.4) is 0 Å². The van der Waals surface area contributed by atoms with Crippen molar-refractivity contribution in [3.8, 4) is 0 Å². The second kappa shape index (κ2) is 7.54. The Morgan fingerprint density at radius 1 is 1.30 bits per heavy atom. The lowest BCUT2D eigenvalue weighted by molar-refractivity contribution is 0.506. The predicted octanol–water partition coefficient (Wildman–Crippen LogP) is 2.79. The second-order valence-electron chi connectivity index (χ2n) is 5.07. The molecule has 0 aliphatic heterocycles. The van der Waals surface area contributed by atoms with Gasteiger partial charge in [-0.05, 0) is 43.4 Å². The third-order valence-electron chi connectivity index (χ3n) is 3.45. The number of nitrogens with two attached hydrogens (primary N) is 1. The zero-order chi connectivity index (χ0) is 15.3. The van der Waals surface area contributed by atoms with Crippen molar-refractivity contribution in [1.82, 2.24) is 5.43 Å². The van der Waals surface area contributed by atoms with Gasteiger partial charge in [0.1, 0.15) is 9.84 Å². The molecular formula is C14H23BrN2O2S. The molecule has 1 aromatic rings. The largest absolute Gasteiger partial charge is 0.271 e. The summed E-state index contributed by atoms with van der Waals surface area (Å²) in [5.41, 5.74) is 6.19. The van der Waals surface area contributed by atoms with Crippen LogP contribution in [0.5, 0.6) is 0 Å².